The molecule has 0 heterocycles. The summed E-state index contributed by atoms with van der Waals surface area (Å²) in [6.45, 7) is 8.11. The molecular formula is C23H32O4. The maximum atomic E-state index is 12.7. The van der Waals surface area contributed by atoms with Crippen LogP contribution >= 0.6 is 0 Å². The van der Waals surface area contributed by atoms with E-state index in [1.165, 1.54) is 0 Å². The molecule has 0 radical (unpaired) electrons. The number of aliphatic hydroxyl groups excluding tert-OH is 2. The number of carbonyl (C=O) groups is 2. The lowest BCUT2D eigenvalue weighted by molar-refractivity contribution is -0.157. The average molecular weight is 373 g/mol. The Bertz CT molecular complexity index is 751. The summed E-state index contributed by atoms with van der Waals surface area (Å²) in [4.78, 5) is 24.7. The number of hydrogen-bond acceptors (Lipinski definition) is 4. The van der Waals surface area contributed by atoms with Crippen LogP contribution in [0.15, 0.2) is 23.8 Å². The van der Waals surface area contributed by atoms with E-state index in [1.54, 1.807) is 12.2 Å². The average Bonchev–Trinajstić information content (AvgIpc) is 2.87. The Hall–Kier alpha value is -1.26. The van der Waals surface area contributed by atoms with Crippen LogP contribution in [0.1, 0.15) is 53.4 Å². The highest BCUT2D eigenvalue weighted by atomic mass is 16.3. The van der Waals surface area contributed by atoms with E-state index in [0.29, 0.717) is 24.2 Å². The molecule has 4 heteroatoms. The summed E-state index contributed by atoms with van der Waals surface area (Å²) in [6.07, 6.45) is 8.25. The number of aliphatic hydroxyl groups is 2. The first-order valence-electron chi connectivity index (χ1n) is 10.4. The predicted molar refractivity (Wildman–Crippen MR) is 103 cm³/mol. The standard InChI is InChI=1S/C23H32O4/c1-13-9-15-16-6-8-22(3,19(27)12-24)23(16,4)11-18(26)20(15)21(2)7-5-14(25)10-17(13)21/h5,7,10,13,15-16,18,20,24,26H,6,8-9,11-12H2,1-4H3/t13-,15-,16-,18-,20+,21-,22+,23-/m0/s1. The number of allylic oxidation sites excluding steroid dienone is 4. The molecule has 4 aliphatic carbocycles. The van der Waals surface area contributed by atoms with Crippen LogP contribution in [0, 0.1) is 39.9 Å². The molecule has 27 heavy (non-hydrogen) atoms. The molecule has 0 amide bonds. The minimum atomic E-state index is -0.572. The van der Waals surface area contributed by atoms with Gasteiger partial charge in [0.05, 0.1) is 6.10 Å². The van der Waals surface area contributed by atoms with E-state index in [9.17, 15) is 19.8 Å². The molecule has 3 fully saturated rings. The second-order valence-electron chi connectivity index (χ2n) is 10.2. The SMILES string of the molecule is C[C@H]1C[C@@H]2[C@H]([C@@H](O)C[C@@]3(C)[C@H]2CC[C@]3(C)C(=O)CO)[C@@]2(C)C=CC(=O)C=C12. The molecule has 0 saturated heterocycles. The smallest absolute Gasteiger partial charge is 0.178 e. The summed E-state index contributed by atoms with van der Waals surface area (Å²) in [5.41, 5.74) is -0.00144. The lowest BCUT2D eigenvalue weighted by Gasteiger charge is -2.61. The Morgan fingerprint density at radius 2 is 2.00 bits per heavy atom. The Morgan fingerprint density at radius 3 is 2.67 bits per heavy atom. The highest BCUT2D eigenvalue weighted by Gasteiger charge is 2.67. The third-order valence-electron chi connectivity index (χ3n) is 9.18. The van der Waals surface area contributed by atoms with Crippen LogP contribution in [0.25, 0.3) is 0 Å². The lowest BCUT2D eigenvalue weighted by atomic mass is 9.43. The zero-order valence-electron chi connectivity index (χ0n) is 16.9. The van der Waals surface area contributed by atoms with Crippen molar-refractivity contribution in [2.24, 2.45) is 39.9 Å². The van der Waals surface area contributed by atoms with E-state index < -0.39 is 18.1 Å². The molecule has 3 saturated carbocycles. The molecule has 4 nitrogen and oxygen atoms in total. The van der Waals surface area contributed by atoms with Crippen LogP contribution in [-0.2, 0) is 9.59 Å². The maximum absolute atomic E-state index is 12.7. The number of ketones is 2. The normalized spacial score (nSPS) is 51.3. The zero-order chi connectivity index (χ0) is 19.8. The van der Waals surface area contributed by atoms with Crippen LogP contribution in [0.5, 0.6) is 0 Å². The molecule has 4 aliphatic rings. The van der Waals surface area contributed by atoms with Crippen molar-refractivity contribution in [3.8, 4) is 0 Å². The van der Waals surface area contributed by atoms with Gasteiger partial charge in [0.2, 0.25) is 0 Å². The van der Waals surface area contributed by atoms with Crippen molar-refractivity contribution in [2.75, 3.05) is 6.61 Å². The maximum Gasteiger partial charge on any atom is 0.178 e. The van der Waals surface area contributed by atoms with Gasteiger partial charge in [-0.15, -0.1) is 0 Å². The number of hydrogen-bond donors (Lipinski definition) is 2. The van der Waals surface area contributed by atoms with Crippen molar-refractivity contribution in [1.29, 1.82) is 0 Å². The topological polar surface area (TPSA) is 74.6 Å². The summed E-state index contributed by atoms with van der Waals surface area (Å²) < 4.78 is 0. The van der Waals surface area contributed by atoms with Gasteiger partial charge in [-0.2, -0.15) is 0 Å². The molecule has 8 atom stereocenters. The van der Waals surface area contributed by atoms with E-state index >= 15 is 0 Å². The molecule has 0 aromatic carbocycles. The number of carbonyl (C=O) groups excluding carboxylic acids is 2. The zero-order valence-corrected chi connectivity index (χ0v) is 16.9. The second-order valence-corrected chi connectivity index (χ2v) is 10.2. The van der Waals surface area contributed by atoms with Crippen LogP contribution < -0.4 is 0 Å². The molecular weight excluding hydrogens is 340 g/mol. The van der Waals surface area contributed by atoms with Crippen LogP contribution in [0.4, 0.5) is 0 Å². The third-order valence-corrected chi connectivity index (χ3v) is 9.18. The first kappa shape index (κ1) is 19.1. The number of fused-ring (bicyclic) bond motifs is 5. The number of rotatable bonds is 2. The monoisotopic (exact) mass is 372 g/mol. The summed E-state index contributed by atoms with van der Waals surface area (Å²) in [5, 5.41) is 20.9. The van der Waals surface area contributed by atoms with Gasteiger partial charge in [0.25, 0.3) is 0 Å². The Labute approximate surface area is 161 Å². The van der Waals surface area contributed by atoms with Gasteiger partial charge in [0, 0.05) is 16.7 Å². The molecule has 0 spiro atoms. The van der Waals surface area contributed by atoms with E-state index in [2.05, 4.69) is 20.8 Å². The molecule has 0 aromatic heterocycles. The van der Waals surface area contributed by atoms with Crippen molar-refractivity contribution >= 4 is 11.6 Å². The van der Waals surface area contributed by atoms with E-state index in [0.717, 1.165) is 24.8 Å². The fraction of sp³-hybridized carbons (Fsp3) is 0.739. The van der Waals surface area contributed by atoms with E-state index in [1.807, 2.05) is 13.0 Å². The van der Waals surface area contributed by atoms with Gasteiger partial charge < -0.3 is 10.2 Å². The summed E-state index contributed by atoms with van der Waals surface area (Å²) in [6, 6.07) is 0. The van der Waals surface area contributed by atoms with Gasteiger partial charge in [-0.3, -0.25) is 9.59 Å². The first-order chi connectivity index (χ1) is 12.6. The lowest BCUT2D eigenvalue weighted by Crippen LogP contribution is -2.59. The quantitative estimate of drug-likeness (QED) is 0.781. The highest BCUT2D eigenvalue weighted by molar-refractivity contribution is 6.01. The molecule has 2 N–H and O–H groups in total. The Morgan fingerprint density at radius 1 is 1.30 bits per heavy atom. The molecule has 0 aliphatic heterocycles. The molecule has 148 valence electrons. The van der Waals surface area contributed by atoms with E-state index in [4.69, 9.17) is 0 Å². The van der Waals surface area contributed by atoms with Crippen molar-refractivity contribution in [1.82, 2.24) is 0 Å². The van der Waals surface area contributed by atoms with Crippen molar-refractivity contribution in [3.63, 3.8) is 0 Å². The number of Topliss-reactive ketones (excluding diaryl/α,β-unsaturated/α-hetero) is 1. The minimum absolute atomic E-state index is 0.0462. The molecule has 4 rings (SSSR count). The Kier molecular flexibility index (Phi) is 4.15. The van der Waals surface area contributed by atoms with Gasteiger partial charge in [0.1, 0.15) is 6.61 Å². The van der Waals surface area contributed by atoms with Crippen LogP contribution in [-0.4, -0.2) is 34.5 Å². The fourth-order valence-electron chi connectivity index (χ4n) is 7.63. The molecule has 0 bridgehead atoms. The van der Waals surface area contributed by atoms with Gasteiger partial charge in [-0.25, -0.2) is 0 Å². The van der Waals surface area contributed by atoms with E-state index in [-0.39, 0.29) is 28.3 Å². The summed E-state index contributed by atoms with van der Waals surface area (Å²) in [5.74, 6) is 1.01. The highest BCUT2D eigenvalue weighted by Crippen LogP contribution is 2.70. The predicted octanol–water partition coefficient (Wildman–Crippen LogP) is 3.08. The Balaban J connectivity index is 1.78. The summed E-state index contributed by atoms with van der Waals surface area (Å²) in [7, 11) is 0. The van der Waals surface area contributed by atoms with Gasteiger partial charge in [-0.05, 0) is 61.0 Å². The third kappa shape index (κ3) is 2.29. The molecule has 0 aromatic rings. The summed E-state index contributed by atoms with van der Waals surface area (Å²) >= 11 is 0. The van der Waals surface area contributed by atoms with Crippen LogP contribution in [0.3, 0.4) is 0 Å². The second kappa shape index (κ2) is 5.87. The van der Waals surface area contributed by atoms with Gasteiger partial charge >= 0.3 is 0 Å². The van der Waals surface area contributed by atoms with Crippen molar-refractivity contribution < 1.29 is 19.8 Å². The fourth-order valence-corrected chi connectivity index (χ4v) is 7.63. The van der Waals surface area contributed by atoms with Crippen molar-refractivity contribution in [2.45, 2.75) is 59.5 Å². The first-order valence-corrected chi connectivity index (χ1v) is 10.4. The molecule has 0 unspecified atom stereocenters. The van der Waals surface area contributed by atoms with Gasteiger partial charge in [-0.1, -0.05) is 39.3 Å². The van der Waals surface area contributed by atoms with Crippen LogP contribution in [0.2, 0.25) is 0 Å². The van der Waals surface area contributed by atoms with Crippen molar-refractivity contribution in [3.05, 3.63) is 23.8 Å². The largest absolute Gasteiger partial charge is 0.393 e. The minimum Gasteiger partial charge on any atom is -0.393 e. The van der Waals surface area contributed by atoms with Gasteiger partial charge in [0.15, 0.2) is 11.6 Å².